The summed E-state index contributed by atoms with van der Waals surface area (Å²) < 4.78 is 12.2. The zero-order chi connectivity index (χ0) is 25.9. The topological polar surface area (TPSA) is 82.3 Å². The van der Waals surface area contributed by atoms with Crippen LogP contribution in [0.5, 0.6) is 11.5 Å². The van der Waals surface area contributed by atoms with E-state index in [0.29, 0.717) is 0 Å². The van der Waals surface area contributed by atoms with E-state index in [2.05, 4.69) is 57.0 Å². The van der Waals surface area contributed by atoms with E-state index in [1.54, 1.807) is 0 Å². The van der Waals surface area contributed by atoms with Crippen LogP contribution in [-0.4, -0.2) is 70.5 Å². The van der Waals surface area contributed by atoms with Crippen molar-refractivity contribution in [1.82, 2.24) is 25.1 Å². The summed E-state index contributed by atoms with van der Waals surface area (Å²) in [6.45, 7) is 10.1. The van der Waals surface area contributed by atoms with Crippen LogP contribution in [0, 0.1) is 0 Å². The normalized spacial score (nSPS) is 16.4. The van der Waals surface area contributed by atoms with E-state index in [0.717, 1.165) is 90.7 Å². The molecule has 0 spiro atoms. The Labute approximate surface area is 222 Å². The van der Waals surface area contributed by atoms with Crippen LogP contribution in [0.3, 0.4) is 0 Å². The smallest absolute Gasteiger partial charge is 0.159 e. The summed E-state index contributed by atoms with van der Waals surface area (Å²) in [5.74, 6) is 2.29. The lowest BCUT2D eigenvalue weighted by molar-refractivity contribution is 0.0420. The minimum atomic E-state index is 0.202. The number of hydrogen-bond acceptors (Lipinski definition) is 6. The van der Waals surface area contributed by atoms with Crippen molar-refractivity contribution in [2.24, 2.45) is 0 Å². The van der Waals surface area contributed by atoms with Crippen molar-refractivity contribution < 1.29 is 9.47 Å². The van der Waals surface area contributed by atoms with Gasteiger partial charge in [-0.15, -0.1) is 0 Å². The molecule has 8 nitrogen and oxygen atoms in total. The largest absolute Gasteiger partial charge is 0.457 e. The molecule has 6 rings (SSSR count). The number of ether oxygens (including phenoxy) is 2. The van der Waals surface area contributed by atoms with Crippen molar-refractivity contribution in [3.8, 4) is 23.0 Å². The van der Waals surface area contributed by atoms with Gasteiger partial charge in [0.15, 0.2) is 5.82 Å². The number of likely N-dealkylation sites (N-methyl/N-ethyl adjacent to an activating group) is 1. The molecule has 2 N–H and O–H groups in total. The summed E-state index contributed by atoms with van der Waals surface area (Å²) in [4.78, 5) is 13.3. The van der Waals surface area contributed by atoms with Crippen molar-refractivity contribution in [3.63, 3.8) is 0 Å². The molecule has 2 aromatic heterocycles. The van der Waals surface area contributed by atoms with Gasteiger partial charge in [-0.2, -0.15) is 5.10 Å². The molecule has 0 radical (unpaired) electrons. The third-order valence-corrected chi connectivity index (χ3v) is 7.27. The third kappa shape index (κ3) is 5.10. The van der Waals surface area contributed by atoms with Crippen LogP contribution in [0.25, 0.3) is 33.5 Å². The Kier molecular flexibility index (Phi) is 6.98. The third-order valence-electron chi connectivity index (χ3n) is 7.27. The lowest BCUT2D eigenvalue weighted by atomic mass is 10.2. The maximum atomic E-state index is 6.19. The molecule has 1 aliphatic heterocycles. The molecule has 0 aliphatic carbocycles. The molecule has 0 saturated carbocycles. The van der Waals surface area contributed by atoms with Crippen LogP contribution < -0.4 is 9.64 Å². The number of nitrogens with one attached hydrogen (secondary N) is 2. The Morgan fingerprint density at radius 1 is 1.00 bits per heavy atom. The molecule has 1 aliphatic rings. The van der Waals surface area contributed by atoms with E-state index in [9.17, 15) is 0 Å². The summed E-state index contributed by atoms with van der Waals surface area (Å²) in [6, 6.07) is 22.2. The van der Waals surface area contributed by atoms with Crippen molar-refractivity contribution in [2.45, 2.75) is 26.4 Å². The van der Waals surface area contributed by atoms with E-state index in [4.69, 9.17) is 14.5 Å². The molecule has 3 aromatic carbocycles. The van der Waals surface area contributed by atoms with Gasteiger partial charge in [-0.1, -0.05) is 32.0 Å². The van der Waals surface area contributed by atoms with Crippen LogP contribution in [0.15, 0.2) is 66.7 Å². The van der Waals surface area contributed by atoms with Gasteiger partial charge in [0.25, 0.3) is 0 Å². The highest BCUT2D eigenvalue weighted by atomic mass is 16.5. The van der Waals surface area contributed by atoms with Gasteiger partial charge in [0.1, 0.15) is 17.2 Å². The monoisotopic (exact) mass is 510 g/mol. The molecule has 1 saturated heterocycles. The van der Waals surface area contributed by atoms with Crippen molar-refractivity contribution in [1.29, 1.82) is 0 Å². The lowest BCUT2D eigenvalue weighted by Gasteiger charge is -2.29. The predicted molar refractivity (Wildman–Crippen MR) is 152 cm³/mol. The average Bonchev–Trinajstić information content (AvgIpc) is 3.49. The molecule has 0 bridgehead atoms. The number of anilines is 1. The quantitative estimate of drug-likeness (QED) is 0.273. The predicted octanol–water partition coefficient (Wildman–Crippen LogP) is 5.84. The minimum Gasteiger partial charge on any atom is -0.457 e. The maximum Gasteiger partial charge on any atom is 0.159 e. The van der Waals surface area contributed by atoms with Gasteiger partial charge >= 0.3 is 0 Å². The van der Waals surface area contributed by atoms with Gasteiger partial charge < -0.3 is 24.3 Å². The highest BCUT2D eigenvalue weighted by Gasteiger charge is 2.22. The molecule has 5 aromatic rings. The van der Waals surface area contributed by atoms with Gasteiger partial charge in [0.05, 0.1) is 22.7 Å². The molecule has 38 heavy (non-hydrogen) atoms. The number of fused-ring (bicyclic) bond motifs is 2. The van der Waals surface area contributed by atoms with Gasteiger partial charge in [-0.25, -0.2) is 4.98 Å². The summed E-state index contributed by atoms with van der Waals surface area (Å²) in [7, 11) is 0. The fourth-order valence-corrected chi connectivity index (χ4v) is 5.18. The van der Waals surface area contributed by atoms with Crippen LogP contribution in [-0.2, 0) is 4.74 Å². The molecule has 1 fully saturated rings. The number of benzene rings is 3. The Bertz CT molecular complexity index is 1510. The first-order chi connectivity index (χ1) is 18.7. The summed E-state index contributed by atoms with van der Waals surface area (Å²) in [6.07, 6.45) is 1.22. The number of H-pyrrole nitrogens is 2. The number of hydrogen-bond donors (Lipinski definition) is 2. The molecule has 3 heterocycles. The molecular weight excluding hydrogens is 476 g/mol. The van der Waals surface area contributed by atoms with Crippen molar-refractivity contribution in [2.75, 3.05) is 44.2 Å². The molecule has 8 heteroatoms. The van der Waals surface area contributed by atoms with E-state index in [-0.39, 0.29) is 6.10 Å². The number of imidazole rings is 1. The van der Waals surface area contributed by atoms with E-state index >= 15 is 0 Å². The van der Waals surface area contributed by atoms with Crippen molar-refractivity contribution in [3.05, 3.63) is 66.7 Å². The van der Waals surface area contributed by atoms with E-state index in [1.807, 2.05) is 48.5 Å². The summed E-state index contributed by atoms with van der Waals surface area (Å²) >= 11 is 0. The van der Waals surface area contributed by atoms with Crippen LogP contribution in [0.2, 0.25) is 0 Å². The Hall–Kier alpha value is -3.88. The molecular formula is C30H34N6O2. The Morgan fingerprint density at radius 2 is 1.87 bits per heavy atom. The first kappa shape index (κ1) is 24.5. The number of para-hydroxylation sites is 1. The van der Waals surface area contributed by atoms with Gasteiger partial charge in [-0.3, -0.25) is 5.10 Å². The number of nitrogens with zero attached hydrogens (tertiary/aromatic N) is 4. The Balaban J connectivity index is 1.26. The highest BCUT2D eigenvalue weighted by molar-refractivity contribution is 5.94. The van der Waals surface area contributed by atoms with Gasteiger partial charge in [0.2, 0.25) is 0 Å². The zero-order valence-electron chi connectivity index (χ0n) is 22.0. The van der Waals surface area contributed by atoms with Crippen LogP contribution >= 0.6 is 0 Å². The van der Waals surface area contributed by atoms with Crippen LogP contribution in [0.4, 0.5) is 5.69 Å². The fourth-order valence-electron chi connectivity index (χ4n) is 5.18. The second-order valence-electron chi connectivity index (χ2n) is 9.76. The number of aromatic amines is 2. The minimum absolute atomic E-state index is 0.202. The SMILES string of the molecule is CCN(CC)CC1CN(c2ccc3nc(-c4n[nH]c5ccc(Oc6ccccc6)cc45)[nH]c3c2)CCCO1. The zero-order valence-corrected chi connectivity index (χ0v) is 22.0. The second kappa shape index (κ2) is 10.8. The fraction of sp³-hybridized carbons (Fsp3) is 0.333. The molecule has 1 unspecified atom stereocenters. The summed E-state index contributed by atoms with van der Waals surface area (Å²) in [5, 5.41) is 8.67. The van der Waals surface area contributed by atoms with Crippen molar-refractivity contribution >= 4 is 27.6 Å². The van der Waals surface area contributed by atoms with Crippen LogP contribution in [0.1, 0.15) is 20.3 Å². The first-order valence-electron chi connectivity index (χ1n) is 13.5. The van der Waals surface area contributed by atoms with E-state index in [1.165, 1.54) is 5.69 Å². The lowest BCUT2D eigenvalue weighted by Crippen LogP contribution is -2.40. The second-order valence-corrected chi connectivity index (χ2v) is 9.76. The summed E-state index contributed by atoms with van der Waals surface area (Å²) in [5.41, 5.74) is 4.82. The number of rotatable bonds is 8. The van der Waals surface area contributed by atoms with Gasteiger partial charge in [-0.05, 0) is 68.0 Å². The maximum absolute atomic E-state index is 6.19. The first-order valence-corrected chi connectivity index (χ1v) is 13.5. The molecule has 196 valence electrons. The molecule has 0 amide bonds. The van der Waals surface area contributed by atoms with Gasteiger partial charge in [0, 0.05) is 37.3 Å². The Morgan fingerprint density at radius 3 is 2.71 bits per heavy atom. The molecule has 1 atom stereocenters. The number of aromatic nitrogens is 4. The van der Waals surface area contributed by atoms with E-state index < -0.39 is 0 Å². The standard InChI is InChI=1S/C30H34N6O2/c1-3-35(4-2)19-24-20-36(15-8-16-37-24)21-11-13-27-28(17-21)32-30(31-27)29-25-18-23(12-14-26(25)33-34-29)38-22-9-6-5-7-10-22/h5-7,9-14,17-18,24H,3-4,8,15-16,19-20H2,1-2H3,(H,31,32)(H,33,34). The average molecular weight is 511 g/mol. The highest BCUT2D eigenvalue weighted by Crippen LogP contribution is 2.32.